The molecule has 7 heteroatoms. The second-order valence-corrected chi connectivity index (χ2v) is 3.63. The van der Waals surface area contributed by atoms with Crippen LogP contribution in [0.15, 0.2) is 24.3 Å². The number of benzene rings is 1. The Hall–Kier alpha value is -2.44. The van der Waals surface area contributed by atoms with E-state index in [1.165, 1.54) is 0 Å². The fourth-order valence-electron chi connectivity index (χ4n) is 1.29. The molecule has 0 bridgehead atoms. The fraction of sp³-hybridized carbons (Fsp3) is 0.200. The summed E-state index contributed by atoms with van der Waals surface area (Å²) in [4.78, 5) is 13.6. The lowest BCUT2D eigenvalue weighted by Crippen LogP contribution is -2.14. The highest BCUT2D eigenvalue weighted by molar-refractivity contribution is 6.01. The van der Waals surface area contributed by atoms with Gasteiger partial charge >= 0.3 is 0 Å². The lowest BCUT2D eigenvalue weighted by Gasteiger charge is -2.12. The SMILES string of the molecule is CN(C)c1ccc(NC(=O)c2nn[nH]n2)cc1. The molecule has 2 N–H and O–H groups in total. The van der Waals surface area contributed by atoms with Gasteiger partial charge in [0.1, 0.15) is 0 Å². The van der Waals surface area contributed by atoms with E-state index in [1.807, 2.05) is 43.3 Å². The maximum Gasteiger partial charge on any atom is 0.297 e. The van der Waals surface area contributed by atoms with E-state index in [9.17, 15) is 4.79 Å². The summed E-state index contributed by atoms with van der Waals surface area (Å²) in [5, 5.41) is 15.4. The molecule has 0 saturated carbocycles. The van der Waals surface area contributed by atoms with Gasteiger partial charge in [0.2, 0.25) is 0 Å². The zero-order valence-corrected chi connectivity index (χ0v) is 9.51. The van der Waals surface area contributed by atoms with Crippen LogP contribution in [-0.2, 0) is 0 Å². The van der Waals surface area contributed by atoms with Crippen LogP contribution in [0, 0.1) is 0 Å². The Morgan fingerprint density at radius 2 is 2.00 bits per heavy atom. The van der Waals surface area contributed by atoms with E-state index in [1.54, 1.807) is 0 Å². The monoisotopic (exact) mass is 232 g/mol. The number of hydrogen-bond acceptors (Lipinski definition) is 5. The lowest BCUT2D eigenvalue weighted by molar-refractivity contribution is 0.101. The van der Waals surface area contributed by atoms with Crippen LogP contribution in [-0.4, -0.2) is 40.6 Å². The number of carbonyl (C=O) groups excluding carboxylic acids is 1. The number of H-pyrrole nitrogens is 1. The number of anilines is 2. The number of tetrazole rings is 1. The second kappa shape index (κ2) is 4.60. The molecule has 0 radical (unpaired) electrons. The first-order chi connectivity index (χ1) is 8.16. The van der Waals surface area contributed by atoms with Gasteiger partial charge in [0.25, 0.3) is 11.7 Å². The molecule has 1 amide bonds. The van der Waals surface area contributed by atoms with Gasteiger partial charge in [-0.3, -0.25) is 4.79 Å². The molecule has 0 aliphatic rings. The van der Waals surface area contributed by atoms with Gasteiger partial charge in [-0.15, -0.1) is 10.2 Å². The molecule has 0 saturated heterocycles. The van der Waals surface area contributed by atoms with Crippen LogP contribution in [0.1, 0.15) is 10.6 Å². The third kappa shape index (κ3) is 2.57. The van der Waals surface area contributed by atoms with E-state index in [-0.39, 0.29) is 5.82 Å². The lowest BCUT2D eigenvalue weighted by atomic mass is 10.2. The van der Waals surface area contributed by atoms with Crippen LogP contribution in [0.5, 0.6) is 0 Å². The Labute approximate surface area is 97.8 Å². The molecule has 0 atom stereocenters. The summed E-state index contributed by atoms with van der Waals surface area (Å²) in [5.74, 6) is -0.377. The highest BCUT2D eigenvalue weighted by Crippen LogP contribution is 2.15. The molecule has 0 spiro atoms. The average Bonchev–Trinajstić information content (AvgIpc) is 2.83. The first-order valence-electron chi connectivity index (χ1n) is 4.99. The van der Waals surface area contributed by atoms with E-state index >= 15 is 0 Å². The highest BCUT2D eigenvalue weighted by atomic mass is 16.2. The van der Waals surface area contributed by atoms with Crippen molar-refractivity contribution >= 4 is 17.3 Å². The minimum atomic E-state index is -0.392. The smallest absolute Gasteiger partial charge is 0.297 e. The Morgan fingerprint density at radius 1 is 1.29 bits per heavy atom. The molecule has 2 aromatic rings. The molecular formula is C10H12N6O. The molecule has 0 aliphatic carbocycles. The molecule has 0 fully saturated rings. The van der Waals surface area contributed by atoms with Crippen molar-refractivity contribution in [1.82, 2.24) is 20.6 Å². The number of nitrogens with one attached hydrogen (secondary N) is 2. The van der Waals surface area contributed by atoms with Crippen molar-refractivity contribution in [2.45, 2.75) is 0 Å². The number of nitrogens with zero attached hydrogens (tertiary/aromatic N) is 4. The van der Waals surface area contributed by atoms with Crippen LogP contribution in [0.2, 0.25) is 0 Å². The van der Waals surface area contributed by atoms with Gasteiger partial charge in [0.05, 0.1) is 0 Å². The maximum absolute atomic E-state index is 11.6. The molecule has 7 nitrogen and oxygen atoms in total. The van der Waals surface area contributed by atoms with E-state index in [2.05, 4.69) is 25.9 Å². The molecule has 1 aromatic heterocycles. The van der Waals surface area contributed by atoms with Gasteiger partial charge in [-0.25, -0.2) is 0 Å². The van der Waals surface area contributed by atoms with E-state index in [4.69, 9.17) is 0 Å². The van der Waals surface area contributed by atoms with Crippen molar-refractivity contribution in [1.29, 1.82) is 0 Å². The number of aromatic amines is 1. The highest BCUT2D eigenvalue weighted by Gasteiger charge is 2.10. The Balaban J connectivity index is 2.07. The zero-order chi connectivity index (χ0) is 12.3. The summed E-state index contributed by atoms with van der Waals surface area (Å²) in [6.45, 7) is 0. The number of hydrogen-bond donors (Lipinski definition) is 2. The summed E-state index contributed by atoms with van der Waals surface area (Å²) < 4.78 is 0. The van der Waals surface area contributed by atoms with Crippen LogP contribution in [0.4, 0.5) is 11.4 Å². The van der Waals surface area contributed by atoms with Gasteiger partial charge in [0, 0.05) is 25.5 Å². The summed E-state index contributed by atoms with van der Waals surface area (Å²) in [6, 6.07) is 7.44. The molecule has 17 heavy (non-hydrogen) atoms. The Bertz CT molecular complexity index is 490. The van der Waals surface area contributed by atoms with Gasteiger partial charge in [0.15, 0.2) is 0 Å². The molecule has 0 aliphatic heterocycles. The summed E-state index contributed by atoms with van der Waals surface area (Å²) in [5.41, 5.74) is 1.74. The van der Waals surface area contributed by atoms with Crippen molar-refractivity contribution in [2.24, 2.45) is 0 Å². The molecule has 0 unspecified atom stereocenters. The van der Waals surface area contributed by atoms with Crippen LogP contribution >= 0.6 is 0 Å². The van der Waals surface area contributed by atoms with Crippen LogP contribution in [0.3, 0.4) is 0 Å². The van der Waals surface area contributed by atoms with E-state index in [0.29, 0.717) is 5.69 Å². The third-order valence-electron chi connectivity index (χ3n) is 2.19. The summed E-state index contributed by atoms with van der Waals surface area (Å²) >= 11 is 0. The zero-order valence-electron chi connectivity index (χ0n) is 9.51. The first-order valence-corrected chi connectivity index (χ1v) is 4.99. The number of amides is 1. The molecule has 1 heterocycles. The second-order valence-electron chi connectivity index (χ2n) is 3.63. The standard InChI is InChI=1S/C10H12N6O/c1-16(2)8-5-3-7(4-6-8)11-10(17)9-12-14-15-13-9/h3-6H,1-2H3,(H,11,17)(H,12,13,14,15). The normalized spacial score (nSPS) is 10.0. The predicted octanol–water partition coefficient (Wildman–Crippen LogP) is 0.518. The average molecular weight is 232 g/mol. The molecule has 88 valence electrons. The van der Waals surface area contributed by atoms with Crippen molar-refractivity contribution < 1.29 is 4.79 Å². The Kier molecular flexibility index (Phi) is 2.99. The fourth-order valence-corrected chi connectivity index (χ4v) is 1.29. The first kappa shape index (κ1) is 11.1. The van der Waals surface area contributed by atoms with Gasteiger partial charge in [-0.2, -0.15) is 5.21 Å². The summed E-state index contributed by atoms with van der Waals surface area (Å²) in [6.07, 6.45) is 0. The molecule has 2 rings (SSSR count). The van der Waals surface area contributed by atoms with Crippen LogP contribution in [0.25, 0.3) is 0 Å². The van der Waals surface area contributed by atoms with Gasteiger partial charge in [-0.1, -0.05) is 0 Å². The van der Waals surface area contributed by atoms with Crippen molar-refractivity contribution in [3.63, 3.8) is 0 Å². The van der Waals surface area contributed by atoms with Crippen molar-refractivity contribution in [3.05, 3.63) is 30.1 Å². The maximum atomic E-state index is 11.6. The van der Waals surface area contributed by atoms with Crippen molar-refractivity contribution in [2.75, 3.05) is 24.3 Å². The number of carbonyl (C=O) groups is 1. The number of aromatic nitrogens is 4. The number of rotatable bonds is 3. The van der Waals surface area contributed by atoms with Gasteiger partial charge < -0.3 is 10.2 Å². The molecular weight excluding hydrogens is 220 g/mol. The minimum absolute atomic E-state index is 0.0155. The quantitative estimate of drug-likeness (QED) is 0.805. The molecule has 1 aromatic carbocycles. The predicted molar refractivity (Wildman–Crippen MR) is 62.9 cm³/mol. The van der Waals surface area contributed by atoms with Crippen LogP contribution < -0.4 is 10.2 Å². The third-order valence-corrected chi connectivity index (χ3v) is 2.19. The van der Waals surface area contributed by atoms with E-state index < -0.39 is 5.91 Å². The largest absolute Gasteiger partial charge is 0.378 e. The van der Waals surface area contributed by atoms with E-state index in [0.717, 1.165) is 5.69 Å². The Morgan fingerprint density at radius 3 is 2.53 bits per heavy atom. The summed E-state index contributed by atoms with van der Waals surface area (Å²) in [7, 11) is 3.90. The van der Waals surface area contributed by atoms with Crippen molar-refractivity contribution in [3.8, 4) is 0 Å². The van der Waals surface area contributed by atoms with Gasteiger partial charge in [-0.05, 0) is 29.5 Å². The minimum Gasteiger partial charge on any atom is -0.378 e. The topological polar surface area (TPSA) is 86.8 Å².